The lowest BCUT2D eigenvalue weighted by Crippen LogP contribution is -2.30. The van der Waals surface area contributed by atoms with Crippen molar-refractivity contribution in [2.24, 2.45) is 0 Å². The Kier molecular flexibility index (Phi) is 4.75. The third kappa shape index (κ3) is 3.77. The number of rotatable bonds is 4. The fourth-order valence-electron chi connectivity index (χ4n) is 3.28. The van der Waals surface area contributed by atoms with E-state index in [-0.39, 0.29) is 5.91 Å². The van der Waals surface area contributed by atoms with E-state index in [9.17, 15) is 4.79 Å². The molecule has 0 aliphatic carbocycles. The Morgan fingerprint density at radius 1 is 1.04 bits per heavy atom. The lowest BCUT2D eigenvalue weighted by atomic mass is 10.00. The van der Waals surface area contributed by atoms with Gasteiger partial charge in [-0.05, 0) is 53.9 Å². The highest BCUT2D eigenvalue weighted by atomic mass is 16.5. The first-order chi connectivity index (χ1) is 13.2. The van der Waals surface area contributed by atoms with Crippen LogP contribution in [0.1, 0.15) is 21.5 Å². The number of amides is 1. The van der Waals surface area contributed by atoms with Crippen molar-refractivity contribution in [3.8, 4) is 5.75 Å². The number of nitrogens with one attached hydrogen (secondary N) is 1. The summed E-state index contributed by atoms with van der Waals surface area (Å²) >= 11 is 0. The molecule has 0 fully saturated rings. The molecule has 0 spiro atoms. The van der Waals surface area contributed by atoms with Crippen LogP contribution in [0.25, 0.3) is 0 Å². The van der Waals surface area contributed by atoms with Gasteiger partial charge in [-0.15, -0.1) is 0 Å². The predicted molar refractivity (Wildman–Crippen MR) is 106 cm³/mol. The lowest BCUT2D eigenvalue weighted by molar-refractivity contribution is 0.102. The highest BCUT2D eigenvalue weighted by Gasteiger charge is 2.17. The maximum absolute atomic E-state index is 12.3. The molecule has 1 amide bonds. The third-order valence-corrected chi connectivity index (χ3v) is 4.81. The quantitative estimate of drug-likeness (QED) is 0.767. The van der Waals surface area contributed by atoms with Gasteiger partial charge in [-0.2, -0.15) is 0 Å². The number of pyridine rings is 1. The number of hydrogen-bond donors (Lipinski definition) is 1. The molecule has 0 bridgehead atoms. The standard InChI is InChI=1S/C22H21N3O2/c1-27-20-9-6-17(7-10-20)22(26)24-19-8-11-21(23-14-19)25-13-12-16-4-2-3-5-18(16)15-25/h2-11,14H,12-13,15H2,1H3,(H,24,26). The molecule has 0 unspecified atom stereocenters. The predicted octanol–water partition coefficient (Wildman–Crippen LogP) is 3.91. The molecule has 0 saturated heterocycles. The van der Waals surface area contributed by atoms with Gasteiger partial charge in [0, 0.05) is 18.7 Å². The van der Waals surface area contributed by atoms with Crippen LogP contribution in [0.3, 0.4) is 0 Å². The van der Waals surface area contributed by atoms with Crippen molar-refractivity contribution in [1.29, 1.82) is 0 Å². The molecule has 3 aromatic rings. The monoisotopic (exact) mass is 359 g/mol. The average molecular weight is 359 g/mol. The van der Waals surface area contributed by atoms with Crippen molar-refractivity contribution in [3.05, 3.63) is 83.6 Å². The Bertz CT molecular complexity index is 937. The van der Waals surface area contributed by atoms with Crippen LogP contribution in [0, 0.1) is 0 Å². The Labute approximate surface area is 158 Å². The summed E-state index contributed by atoms with van der Waals surface area (Å²) in [5.74, 6) is 1.48. The largest absolute Gasteiger partial charge is 0.497 e. The minimum atomic E-state index is -0.167. The molecule has 4 rings (SSSR count). The Hall–Kier alpha value is -3.34. The molecule has 2 aromatic carbocycles. The first kappa shape index (κ1) is 17.1. The number of nitrogens with zero attached hydrogens (tertiary/aromatic N) is 2. The van der Waals surface area contributed by atoms with E-state index < -0.39 is 0 Å². The van der Waals surface area contributed by atoms with Gasteiger partial charge in [0.15, 0.2) is 0 Å². The molecule has 136 valence electrons. The van der Waals surface area contributed by atoms with Crippen LogP contribution in [0.15, 0.2) is 66.9 Å². The molecule has 5 heteroatoms. The highest BCUT2D eigenvalue weighted by molar-refractivity contribution is 6.04. The summed E-state index contributed by atoms with van der Waals surface area (Å²) in [6.07, 6.45) is 2.73. The Balaban J connectivity index is 1.42. The lowest BCUT2D eigenvalue weighted by Gasteiger charge is -2.29. The summed E-state index contributed by atoms with van der Waals surface area (Å²) in [4.78, 5) is 19.1. The summed E-state index contributed by atoms with van der Waals surface area (Å²) in [6.45, 7) is 1.81. The first-order valence-corrected chi connectivity index (χ1v) is 8.96. The number of anilines is 2. The topological polar surface area (TPSA) is 54.5 Å². The smallest absolute Gasteiger partial charge is 0.255 e. The summed E-state index contributed by atoms with van der Waals surface area (Å²) in [7, 11) is 1.60. The van der Waals surface area contributed by atoms with Crippen molar-refractivity contribution in [2.75, 3.05) is 23.9 Å². The summed E-state index contributed by atoms with van der Waals surface area (Å²) < 4.78 is 5.11. The van der Waals surface area contributed by atoms with Crippen LogP contribution in [-0.4, -0.2) is 24.5 Å². The van der Waals surface area contributed by atoms with Gasteiger partial charge in [0.05, 0.1) is 19.0 Å². The van der Waals surface area contributed by atoms with Gasteiger partial charge in [-0.3, -0.25) is 4.79 Å². The molecule has 2 heterocycles. The zero-order valence-corrected chi connectivity index (χ0v) is 15.2. The minimum absolute atomic E-state index is 0.167. The third-order valence-electron chi connectivity index (χ3n) is 4.81. The van der Waals surface area contributed by atoms with E-state index in [1.807, 2.05) is 12.1 Å². The van der Waals surface area contributed by atoms with E-state index in [0.717, 1.165) is 31.1 Å². The number of hydrogen-bond acceptors (Lipinski definition) is 4. The van der Waals surface area contributed by atoms with Crippen LogP contribution in [-0.2, 0) is 13.0 Å². The molecule has 27 heavy (non-hydrogen) atoms. The molecule has 0 saturated carbocycles. The number of carbonyl (C=O) groups is 1. The second-order valence-corrected chi connectivity index (χ2v) is 6.53. The zero-order chi connectivity index (χ0) is 18.6. The van der Waals surface area contributed by atoms with Crippen molar-refractivity contribution in [2.45, 2.75) is 13.0 Å². The van der Waals surface area contributed by atoms with E-state index in [0.29, 0.717) is 11.3 Å². The van der Waals surface area contributed by atoms with Gasteiger partial charge in [-0.25, -0.2) is 4.98 Å². The first-order valence-electron chi connectivity index (χ1n) is 8.96. The Morgan fingerprint density at radius 2 is 1.81 bits per heavy atom. The number of fused-ring (bicyclic) bond motifs is 1. The summed E-state index contributed by atoms with van der Waals surface area (Å²) in [5.41, 5.74) is 4.02. The SMILES string of the molecule is COc1ccc(C(=O)Nc2ccc(N3CCc4ccccc4C3)nc2)cc1. The van der Waals surface area contributed by atoms with Crippen molar-refractivity contribution < 1.29 is 9.53 Å². The van der Waals surface area contributed by atoms with E-state index in [1.165, 1.54) is 11.1 Å². The van der Waals surface area contributed by atoms with Gasteiger partial charge in [-0.1, -0.05) is 24.3 Å². The second-order valence-electron chi connectivity index (χ2n) is 6.53. The van der Waals surface area contributed by atoms with Crippen LogP contribution < -0.4 is 15.0 Å². The summed E-state index contributed by atoms with van der Waals surface area (Å²) in [6, 6.07) is 19.4. The van der Waals surface area contributed by atoms with Crippen LogP contribution in [0.2, 0.25) is 0 Å². The van der Waals surface area contributed by atoms with E-state index >= 15 is 0 Å². The van der Waals surface area contributed by atoms with E-state index in [2.05, 4.69) is 39.5 Å². The number of carbonyl (C=O) groups excluding carboxylic acids is 1. The van der Waals surface area contributed by atoms with Gasteiger partial charge in [0.2, 0.25) is 0 Å². The normalized spacial score (nSPS) is 13.0. The number of benzene rings is 2. The molecule has 1 aliphatic rings. The van der Waals surface area contributed by atoms with E-state index in [1.54, 1.807) is 37.6 Å². The van der Waals surface area contributed by atoms with Crippen LogP contribution in [0.4, 0.5) is 11.5 Å². The fraction of sp³-hybridized carbons (Fsp3) is 0.182. The molecular weight excluding hydrogens is 338 g/mol. The van der Waals surface area contributed by atoms with Gasteiger partial charge >= 0.3 is 0 Å². The van der Waals surface area contributed by atoms with Crippen molar-refractivity contribution in [1.82, 2.24) is 4.98 Å². The number of methoxy groups -OCH3 is 1. The van der Waals surface area contributed by atoms with Crippen molar-refractivity contribution >= 4 is 17.4 Å². The minimum Gasteiger partial charge on any atom is -0.497 e. The molecular formula is C22H21N3O2. The highest BCUT2D eigenvalue weighted by Crippen LogP contribution is 2.24. The van der Waals surface area contributed by atoms with Gasteiger partial charge in [0.25, 0.3) is 5.91 Å². The Morgan fingerprint density at radius 3 is 2.52 bits per heavy atom. The fourth-order valence-corrected chi connectivity index (χ4v) is 3.28. The average Bonchev–Trinajstić information content (AvgIpc) is 2.74. The van der Waals surface area contributed by atoms with Gasteiger partial charge in [0.1, 0.15) is 11.6 Å². The van der Waals surface area contributed by atoms with E-state index in [4.69, 9.17) is 4.74 Å². The van der Waals surface area contributed by atoms with Crippen LogP contribution in [0.5, 0.6) is 5.75 Å². The second kappa shape index (κ2) is 7.50. The van der Waals surface area contributed by atoms with Gasteiger partial charge < -0.3 is 15.0 Å². The maximum Gasteiger partial charge on any atom is 0.255 e. The maximum atomic E-state index is 12.3. The molecule has 5 nitrogen and oxygen atoms in total. The summed E-state index contributed by atoms with van der Waals surface area (Å²) in [5, 5.41) is 2.88. The number of ether oxygens (including phenoxy) is 1. The molecule has 1 aliphatic heterocycles. The zero-order valence-electron chi connectivity index (χ0n) is 15.2. The molecule has 1 N–H and O–H groups in total. The molecule has 0 radical (unpaired) electrons. The molecule has 1 aromatic heterocycles. The molecule has 0 atom stereocenters. The van der Waals surface area contributed by atoms with Crippen molar-refractivity contribution in [3.63, 3.8) is 0 Å². The van der Waals surface area contributed by atoms with Crippen LogP contribution >= 0.6 is 0 Å². The number of aromatic nitrogens is 1.